The third-order valence-electron chi connectivity index (χ3n) is 5.56. The predicted octanol–water partition coefficient (Wildman–Crippen LogP) is 4.38. The van der Waals surface area contributed by atoms with Gasteiger partial charge >= 0.3 is 0 Å². The van der Waals surface area contributed by atoms with Crippen LogP contribution in [0.1, 0.15) is 17.2 Å². The summed E-state index contributed by atoms with van der Waals surface area (Å²) in [6.45, 7) is 4.14. The van der Waals surface area contributed by atoms with E-state index in [-0.39, 0.29) is 6.04 Å². The zero-order valence-electron chi connectivity index (χ0n) is 15.3. The van der Waals surface area contributed by atoms with E-state index in [4.69, 9.17) is 4.98 Å². The molecule has 1 atom stereocenters. The molecule has 4 aromatic rings. The molecule has 3 aromatic carbocycles. The summed E-state index contributed by atoms with van der Waals surface area (Å²) in [6, 6.07) is 26.3. The highest BCUT2D eigenvalue weighted by atomic mass is 15.2. The Balaban J connectivity index is 1.70. The van der Waals surface area contributed by atoms with Crippen molar-refractivity contribution in [3.05, 3.63) is 90.1 Å². The van der Waals surface area contributed by atoms with Crippen LogP contribution in [0.3, 0.4) is 0 Å². The summed E-state index contributed by atoms with van der Waals surface area (Å²) in [6.07, 6.45) is 2.07. The monoisotopic (exact) mass is 353 g/mol. The molecule has 2 heterocycles. The molecular weight excluding hydrogens is 330 g/mol. The van der Waals surface area contributed by atoms with Gasteiger partial charge < -0.3 is 5.32 Å². The first-order chi connectivity index (χ1) is 13.4. The Kier molecular flexibility index (Phi) is 4.32. The van der Waals surface area contributed by atoms with E-state index in [1.807, 2.05) is 6.07 Å². The van der Waals surface area contributed by atoms with E-state index in [0.29, 0.717) is 0 Å². The number of para-hydroxylation sites is 1. The number of rotatable bonds is 3. The Bertz CT molecular complexity index is 1080. The van der Waals surface area contributed by atoms with E-state index >= 15 is 0 Å². The third kappa shape index (κ3) is 3.09. The number of hydrogen-bond donors (Lipinski definition) is 1. The van der Waals surface area contributed by atoms with E-state index in [9.17, 15) is 0 Å². The van der Waals surface area contributed by atoms with Gasteiger partial charge in [-0.1, -0.05) is 60.7 Å². The molecule has 1 aromatic heterocycles. The van der Waals surface area contributed by atoms with E-state index < -0.39 is 0 Å². The van der Waals surface area contributed by atoms with Gasteiger partial charge in [-0.15, -0.1) is 0 Å². The molecule has 1 aliphatic rings. The van der Waals surface area contributed by atoms with Gasteiger partial charge in [0.05, 0.1) is 11.6 Å². The van der Waals surface area contributed by atoms with Gasteiger partial charge in [0, 0.05) is 37.8 Å². The lowest BCUT2D eigenvalue weighted by atomic mass is 9.92. The SMILES string of the molecule is c1ccc2ncc(C(c3cccc4ccccc34)N3CCNCC3)cc2c1. The van der Waals surface area contributed by atoms with Crippen molar-refractivity contribution in [2.75, 3.05) is 26.2 Å². The quantitative estimate of drug-likeness (QED) is 0.592. The molecule has 0 amide bonds. The smallest absolute Gasteiger partial charge is 0.0702 e. The maximum Gasteiger partial charge on any atom is 0.0702 e. The molecule has 1 N–H and O–H groups in total. The first kappa shape index (κ1) is 16.4. The van der Waals surface area contributed by atoms with Crippen LogP contribution in [0.4, 0.5) is 0 Å². The van der Waals surface area contributed by atoms with E-state index in [0.717, 1.165) is 31.7 Å². The standard InChI is InChI=1S/C24H23N3/c1-3-9-21-18(6-1)8-5-10-22(21)24(27-14-12-25-13-15-27)20-16-19-7-2-4-11-23(19)26-17-20/h1-11,16-17,24-25H,12-15H2. The first-order valence-electron chi connectivity index (χ1n) is 9.67. The second-order valence-corrected chi connectivity index (χ2v) is 7.22. The van der Waals surface area contributed by atoms with E-state index in [1.54, 1.807) is 0 Å². The molecular formula is C24H23N3. The number of nitrogens with one attached hydrogen (secondary N) is 1. The maximum atomic E-state index is 4.76. The molecule has 5 rings (SSSR count). The molecule has 0 spiro atoms. The van der Waals surface area contributed by atoms with E-state index in [1.165, 1.54) is 27.3 Å². The van der Waals surface area contributed by atoms with Crippen molar-refractivity contribution in [2.45, 2.75) is 6.04 Å². The molecule has 1 saturated heterocycles. The van der Waals surface area contributed by atoms with Crippen LogP contribution in [-0.2, 0) is 0 Å². The van der Waals surface area contributed by atoms with Crippen molar-refractivity contribution in [3.63, 3.8) is 0 Å². The Morgan fingerprint density at radius 3 is 2.44 bits per heavy atom. The summed E-state index contributed by atoms with van der Waals surface area (Å²) in [4.78, 5) is 7.35. The van der Waals surface area contributed by atoms with Gasteiger partial charge in [0.25, 0.3) is 0 Å². The first-order valence-corrected chi connectivity index (χ1v) is 9.67. The average Bonchev–Trinajstić information content (AvgIpc) is 2.75. The van der Waals surface area contributed by atoms with Crippen LogP contribution in [0, 0.1) is 0 Å². The summed E-state index contributed by atoms with van der Waals surface area (Å²) >= 11 is 0. The molecule has 27 heavy (non-hydrogen) atoms. The predicted molar refractivity (Wildman–Crippen MR) is 112 cm³/mol. The van der Waals surface area contributed by atoms with Crippen LogP contribution in [0.15, 0.2) is 79.0 Å². The average molecular weight is 353 g/mol. The van der Waals surface area contributed by atoms with Crippen molar-refractivity contribution >= 4 is 21.7 Å². The molecule has 1 fully saturated rings. The van der Waals surface area contributed by atoms with Gasteiger partial charge in [0.15, 0.2) is 0 Å². The number of piperazine rings is 1. The number of aromatic nitrogens is 1. The number of nitrogens with zero attached hydrogens (tertiary/aromatic N) is 2. The Morgan fingerprint density at radius 2 is 1.56 bits per heavy atom. The number of hydrogen-bond acceptors (Lipinski definition) is 3. The van der Waals surface area contributed by atoms with Crippen LogP contribution in [0.5, 0.6) is 0 Å². The fraction of sp³-hybridized carbons (Fsp3) is 0.208. The fourth-order valence-electron chi connectivity index (χ4n) is 4.25. The van der Waals surface area contributed by atoms with Crippen molar-refractivity contribution in [2.24, 2.45) is 0 Å². The number of benzene rings is 3. The molecule has 0 bridgehead atoms. The molecule has 1 aliphatic heterocycles. The largest absolute Gasteiger partial charge is 0.314 e. The van der Waals surface area contributed by atoms with Crippen molar-refractivity contribution in [1.29, 1.82) is 0 Å². The minimum Gasteiger partial charge on any atom is -0.314 e. The summed E-state index contributed by atoms with van der Waals surface area (Å²) in [5.74, 6) is 0. The lowest BCUT2D eigenvalue weighted by Gasteiger charge is -2.36. The maximum absolute atomic E-state index is 4.76. The second-order valence-electron chi connectivity index (χ2n) is 7.22. The topological polar surface area (TPSA) is 28.2 Å². The van der Waals surface area contributed by atoms with E-state index in [2.05, 4.69) is 83.1 Å². The van der Waals surface area contributed by atoms with Crippen LogP contribution < -0.4 is 5.32 Å². The molecule has 0 aliphatic carbocycles. The minimum absolute atomic E-state index is 0.218. The van der Waals surface area contributed by atoms with Gasteiger partial charge in [0.2, 0.25) is 0 Å². The van der Waals surface area contributed by atoms with Gasteiger partial charge in [-0.2, -0.15) is 0 Å². The molecule has 0 saturated carbocycles. The normalized spacial score (nSPS) is 16.6. The number of fused-ring (bicyclic) bond motifs is 2. The fourth-order valence-corrected chi connectivity index (χ4v) is 4.25. The van der Waals surface area contributed by atoms with Gasteiger partial charge in [-0.25, -0.2) is 0 Å². The van der Waals surface area contributed by atoms with Crippen LogP contribution >= 0.6 is 0 Å². The van der Waals surface area contributed by atoms with Crippen LogP contribution in [-0.4, -0.2) is 36.1 Å². The molecule has 1 unspecified atom stereocenters. The summed E-state index contributed by atoms with van der Waals surface area (Å²) in [7, 11) is 0. The van der Waals surface area contributed by atoms with Crippen LogP contribution in [0.25, 0.3) is 21.7 Å². The van der Waals surface area contributed by atoms with Crippen molar-refractivity contribution in [3.8, 4) is 0 Å². The summed E-state index contributed by atoms with van der Waals surface area (Å²) in [5, 5.41) is 7.31. The lowest BCUT2D eigenvalue weighted by molar-refractivity contribution is 0.199. The van der Waals surface area contributed by atoms with Crippen molar-refractivity contribution in [1.82, 2.24) is 15.2 Å². The molecule has 3 nitrogen and oxygen atoms in total. The zero-order valence-corrected chi connectivity index (χ0v) is 15.3. The number of pyridine rings is 1. The minimum atomic E-state index is 0.218. The highest BCUT2D eigenvalue weighted by Gasteiger charge is 2.25. The third-order valence-corrected chi connectivity index (χ3v) is 5.56. The Morgan fingerprint density at radius 1 is 0.815 bits per heavy atom. The molecule has 3 heteroatoms. The lowest BCUT2D eigenvalue weighted by Crippen LogP contribution is -2.45. The van der Waals surface area contributed by atoms with Crippen LogP contribution in [0.2, 0.25) is 0 Å². The highest BCUT2D eigenvalue weighted by molar-refractivity contribution is 5.87. The Labute approximate surface area is 159 Å². The molecule has 134 valence electrons. The van der Waals surface area contributed by atoms with Gasteiger partial charge in [-0.05, 0) is 34.0 Å². The van der Waals surface area contributed by atoms with Crippen molar-refractivity contribution < 1.29 is 0 Å². The zero-order chi connectivity index (χ0) is 18.1. The molecule has 0 radical (unpaired) electrons. The summed E-state index contributed by atoms with van der Waals surface area (Å²) < 4.78 is 0. The van der Waals surface area contributed by atoms with Gasteiger partial charge in [0.1, 0.15) is 0 Å². The second kappa shape index (κ2) is 7.10. The summed E-state index contributed by atoms with van der Waals surface area (Å²) in [5.41, 5.74) is 3.69. The Hall–Kier alpha value is -2.75. The van der Waals surface area contributed by atoms with Gasteiger partial charge in [-0.3, -0.25) is 9.88 Å². The highest BCUT2D eigenvalue weighted by Crippen LogP contribution is 2.34.